The molecule has 0 saturated carbocycles. The Kier molecular flexibility index (Phi) is 3.44. The van der Waals surface area contributed by atoms with E-state index >= 15 is 0 Å². The van der Waals surface area contributed by atoms with Crippen molar-refractivity contribution in [3.05, 3.63) is 65.7 Å². The van der Waals surface area contributed by atoms with Crippen molar-refractivity contribution in [1.82, 2.24) is 9.88 Å². The molecule has 0 aliphatic heterocycles. The summed E-state index contributed by atoms with van der Waals surface area (Å²) in [5, 5.41) is 0.982. The van der Waals surface area contributed by atoms with E-state index in [9.17, 15) is 4.79 Å². The number of aryl methyl sites for hydroxylation is 1. The molecule has 1 amide bonds. The molecule has 2 aromatic heterocycles. The molecule has 0 saturated heterocycles. The van der Waals surface area contributed by atoms with Gasteiger partial charge >= 0.3 is 0 Å². The maximum Gasteiger partial charge on any atom is 0.289 e. The molecule has 0 fully saturated rings. The fraction of sp³-hybridized carbons (Fsp3) is 0.176. The molecule has 0 aliphatic carbocycles. The van der Waals surface area contributed by atoms with Crippen LogP contribution in [0.25, 0.3) is 11.0 Å². The van der Waals surface area contributed by atoms with Crippen LogP contribution < -0.4 is 0 Å². The van der Waals surface area contributed by atoms with E-state index in [-0.39, 0.29) is 5.91 Å². The highest BCUT2D eigenvalue weighted by Crippen LogP contribution is 2.25. The van der Waals surface area contributed by atoms with Crippen LogP contribution in [0, 0.1) is 6.92 Å². The summed E-state index contributed by atoms with van der Waals surface area (Å²) in [4.78, 5) is 18.3. The molecule has 0 N–H and O–H groups in total. The van der Waals surface area contributed by atoms with Gasteiger partial charge in [0.1, 0.15) is 5.58 Å². The van der Waals surface area contributed by atoms with Gasteiger partial charge in [-0.15, -0.1) is 0 Å². The average Bonchev–Trinajstić information content (AvgIpc) is 2.85. The summed E-state index contributed by atoms with van der Waals surface area (Å²) in [6.07, 6.45) is 3.48. The van der Waals surface area contributed by atoms with Crippen molar-refractivity contribution in [3.63, 3.8) is 0 Å². The lowest BCUT2D eigenvalue weighted by molar-refractivity contribution is 0.0754. The minimum absolute atomic E-state index is 0.118. The molecule has 4 heteroatoms. The SMILES string of the molecule is Cc1c(C(=O)N(C)Cc2cccnc2)oc2ccccc12. The van der Waals surface area contributed by atoms with E-state index in [4.69, 9.17) is 4.42 Å². The Morgan fingerprint density at radius 3 is 2.76 bits per heavy atom. The summed E-state index contributed by atoms with van der Waals surface area (Å²) < 4.78 is 5.71. The lowest BCUT2D eigenvalue weighted by atomic mass is 10.1. The monoisotopic (exact) mass is 280 g/mol. The van der Waals surface area contributed by atoms with E-state index in [1.54, 1.807) is 24.3 Å². The topological polar surface area (TPSA) is 46.3 Å². The van der Waals surface area contributed by atoms with Gasteiger partial charge in [0.05, 0.1) is 0 Å². The van der Waals surface area contributed by atoms with Crippen LogP contribution in [-0.4, -0.2) is 22.8 Å². The number of amides is 1. The van der Waals surface area contributed by atoms with E-state index in [0.29, 0.717) is 12.3 Å². The van der Waals surface area contributed by atoms with Crippen molar-refractivity contribution in [2.24, 2.45) is 0 Å². The normalized spacial score (nSPS) is 10.8. The van der Waals surface area contributed by atoms with Crippen LogP contribution in [0.15, 0.2) is 53.2 Å². The Morgan fingerprint density at radius 1 is 1.24 bits per heavy atom. The Bertz CT molecular complexity index is 778. The molecule has 106 valence electrons. The van der Waals surface area contributed by atoms with E-state index < -0.39 is 0 Å². The predicted molar refractivity (Wildman–Crippen MR) is 81.0 cm³/mol. The van der Waals surface area contributed by atoms with Crippen LogP contribution in [0.5, 0.6) is 0 Å². The highest BCUT2D eigenvalue weighted by Gasteiger charge is 2.20. The highest BCUT2D eigenvalue weighted by atomic mass is 16.3. The second kappa shape index (κ2) is 5.40. The zero-order valence-electron chi connectivity index (χ0n) is 12.0. The van der Waals surface area contributed by atoms with Gasteiger partial charge in [-0.25, -0.2) is 0 Å². The molecule has 0 unspecified atom stereocenters. The van der Waals surface area contributed by atoms with Gasteiger partial charge in [-0.1, -0.05) is 24.3 Å². The molecule has 0 atom stereocenters. The Morgan fingerprint density at radius 2 is 2.05 bits per heavy atom. The first kappa shape index (κ1) is 13.4. The van der Waals surface area contributed by atoms with Gasteiger partial charge in [0.2, 0.25) is 0 Å². The molecule has 3 rings (SSSR count). The Hall–Kier alpha value is -2.62. The highest BCUT2D eigenvalue weighted by molar-refractivity contribution is 5.98. The molecule has 0 spiro atoms. The molecule has 2 heterocycles. The summed E-state index contributed by atoms with van der Waals surface area (Å²) in [6, 6.07) is 11.5. The summed E-state index contributed by atoms with van der Waals surface area (Å²) in [6.45, 7) is 2.42. The number of hydrogen-bond donors (Lipinski definition) is 0. The zero-order chi connectivity index (χ0) is 14.8. The molecule has 21 heavy (non-hydrogen) atoms. The largest absolute Gasteiger partial charge is 0.451 e. The van der Waals surface area contributed by atoms with E-state index in [1.165, 1.54) is 0 Å². The van der Waals surface area contributed by atoms with Crippen LogP contribution in [0.4, 0.5) is 0 Å². The maximum absolute atomic E-state index is 12.6. The number of pyridine rings is 1. The second-order valence-corrected chi connectivity index (χ2v) is 5.07. The first-order chi connectivity index (χ1) is 10.2. The third-order valence-electron chi connectivity index (χ3n) is 3.53. The standard InChI is InChI=1S/C17H16N2O2/c1-12-14-7-3-4-8-15(14)21-16(12)17(20)19(2)11-13-6-5-9-18-10-13/h3-10H,11H2,1-2H3. The number of carbonyl (C=O) groups is 1. The number of carbonyl (C=O) groups excluding carboxylic acids is 1. The molecule has 0 aliphatic rings. The summed E-state index contributed by atoms with van der Waals surface area (Å²) >= 11 is 0. The number of aromatic nitrogens is 1. The van der Waals surface area contributed by atoms with E-state index in [1.807, 2.05) is 43.3 Å². The molecule has 0 bridgehead atoms. The van der Waals surface area contributed by atoms with Gasteiger partial charge in [0, 0.05) is 36.9 Å². The molecular formula is C17H16N2O2. The Labute approximate surface area is 123 Å². The van der Waals surface area contributed by atoms with Gasteiger partial charge < -0.3 is 9.32 Å². The zero-order valence-corrected chi connectivity index (χ0v) is 12.0. The number of furan rings is 1. The van der Waals surface area contributed by atoms with Crippen molar-refractivity contribution in [2.75, 3.05) is 7.05 Å². The quantitative estimate of drug-likeness (QED) is 0.738. The smallest absolute Gasteiger partial charge is 0.289 e. The lowest BCUT2D eigenvalue weighted by Gasteiger charge is -2.15. The van der Waals surface area contributed by atoms with Crippen molar-refractivity contribution in [3.8, 4) is 0 Å². The molecule has 1 aromatic carbocycles. The van der Waals surface area contributed by atoms with Gasteiger partial charge in [0.15, 0.2) is 5.76 Å². The van der Waals surface area contributed by atoms with Crippen molar-refractivity contribution in [2.45, 2.75) is 13.5 Å². The Balaban J connectivity index is 1.88. The van der Waals surface area contributed by atoms with Gasteiger partial charge in [-0.2, -0.15) is 0 Å². The molecule has 4 nitrogen and oxygen atoms in total. The minimum Gasteiger partial charge on any atom is -0.451 e. The molecule has 0 radical (unpaired) electrons. The number of para-hydroxylation sites is 1. The fourth-order valence-electron chi connectivity index (χ4n) is 2.39. The number of nitrogens with zero attached hydrogens (tertiary/aromatic N) is 2. The first-order valence-electron chi connectivity index (χ1n) is 6.79. The average molecular weight is 280 g/mol. The second-order valence-electron chi connectivity index (χ2n) is 5.07. The maximum atomic E-state index is 12.6. The van der Waals surface area contributed by atoms with Crippen LogP contribution in [0.1, 0.15) is 21.7 Å². The fourth-order valence-corrected chi connectivity index (χ4v) is 2.39. The van der Waals surface area contributed by atoms with Crippen molar-refractivity contribution < 1.29 is 9.21 Å². The summed E-state index contributed by atoms with van der Waals surface area (Å²) in [5.41, 5.74) is 2.61. The number of rotatable bonds is 3. The summed E-state index contributed by atoms with van der Waals surface area (Å²) in [5.74, 6) is 0.287. The third kappa shape index (κ3) is 2.52. The van der Waals surface area contributed by atoms with E-state index in [0.717, 1.165) is 22.1 Å². The molecular weight excluding hydrogens is 264 g/mol. The number of benzene rings is 1. The van der Waals surface area contributed by atoms with Gasteiger partial charge in [-0.3, -0.25) is 9.78 Å². The number of fused-ring (bicyclic) bond motifs is 1. The van der Waals surface area contributed by atoms with Crippen LogP contribution >= 0.6 is 0 Å². The minimum atomic E-state index is -0.118. The van der Waals surface area contributed by atoms with Gasteiger partial charge in [0.25, 0.3) is 5.91 Å². The lowest BCUT2D eigenvalue weighted by Crippen LogP contribution is -2.26. The predicted octanol–water partition coefficient (Wildman–Crippen LogP) is 3.41. The van der Waals surface area contributed by atoms with Crippen molar-refractivity contribution >= 4 is 16.9 Å². The van der Waals surface area contributed by atoms with E-state index in [2.05, 4.69) is 4.98 Å². The van der Waals surface area contributed by atoms with Crippen molar-refractivity contribution in [1.29, 1.82) is 0 Å². The van der Waals surface area contributed by atoms with Crippen LogP contribution in [0.3, 0.4) is 0 Å². The van der Waals surface area contributed by atoms with Crippen LogP contribution in [-0.2, 0) is 6.54 Å². The molecule has 3 aromatic rings. The first-order valence-corrected chi connectivity index (χ1v) is 6.79. The number of hydrogen-bond acceptors (Lipinski definition) is 3. The van der Waals surface area contributed by atoms with Gasteiger partial charge in [-0.05, 0) is 24.6 Å². The summed E-state index contributed by atoms with van der Waals surface area (Å²) in [7, 11) is 1.77. The van der Waals surface area contributed by atoms with Crippen LogP contribution in [0.2, 0.25) is 0 Å². The third-order valence-corrected chi connectivity index (χ3v) is 3.53.